The van der Waals surface area contributed by atoms with Gasteiger partial charge in [0.2, 0.25) is 0 Å². The lowest BCUT2D eigenvalue weighted by molar-refractivity contribution is -0.528. The molecule has 0 amide bonds. The molecule has 3 nitrogen and oxygen atoms in total. The van der Waals surface area contributed by atoms with E-state index < -0.39 is 19.3 Å². The zero-order valence-electron chi connectivity index (χ0n) is 11.2. The molecule has 0 aliphatic rings. The van der Waals surface area contributed by atoms with Crippen molar-refractivity contribution in [1.82, 2.24) is 4.98 Å². The van der Waals surface area contributed by atoms with Crippen LogP contribution in [-0.2, 0) is 13.8 Å². The molecule has 0 saturated heterocycles. The maximum absolute atomic E-state index is 12.6. The minimum Gasteiger partial charge on any atom is -0.166 e. The Hall–Kier alpha value is -0.240. The van der Waals surface area contributed by atoms with Crippen LogP contribution in [0.3, 0.4) is 0 Å². The van der Waals surface area contributed by atoms with Gasteiger partial charge in [-0.25, -0.2) is 0 Å². The molecule has 0 fully saturated rings. The third-order valence-electron chi connectivity index (χ3n) is 2.75. The Balaban J connectivity index is 2.57. The second kappa shape index (κ2) is 6.82. The number of hydrogen-bond donors (Lipinski definition) is 0. The van der Waals surface area contributed by atoms with Gasteiger partial charge in [-0.2, -0.15) is 23.1 Å². The van der Waals surface area contributed by atoms with E-state index in [1.165, 1.54) is 12.1 Å². The second-order valence-corrected chi connectivity index (χ2v) is 9.07. The van der Waals surface area contributed by atoms with E-state index in [1.54, 1.807) is 0 Å². The smallest absolute Gasteiger partial charge is 0.166 e. The maximum Gasteiger partial charge on any atom is 0.420 e. The highest BCUT2D eigenvalue weighted by molar-refractivity contribution is 6.67. The van der Waals surface area contributed by atoms with Crippen molar-refractivity contribution < 1.29 is 23.1 Å². The Morgan fingerprint density at radius 1 is 0.750 bits per heavy atom. The predicted molar refractivity (Wildman–Crippen MR) is 86.3 cm³/mol. The molecule has 2 N–H and O–H groups in total. The van der Waals surface area contributed by atoms with E-state index in [0.717, 1.165) is 12.1 Å². The van der Waals surface area contributed by atoms with Crippen LogP contribution in [0.15, 0.2) is 24.3 Å². The van der Waals surface area contributed by atoms with Crippen LogP contribution in [0.5, 0.6) is 0 Å². The van der Waals surface area contributed by atoms with Crippen molar-refractivity contribution in [3.05, 3.63) is 41.5 Å². The number of nitrogens with one attached hydrogen (secondary N) is 2. The van der Waals surface area contributed by atoms with Crippen LogP contribution in [0.25, 0.3) is 11.4 Å². The first-order valence-corrected chi connectivity index (χ1v) is 8.24. The van der Waals surface area contributed by atoms with E-state index in [1.807, 2.05) is 0 Å². The summed E-state index contributed by atoms with van der Waals surface area (Å²) in [6.45, 7) is 0. The summed E-state index contributed by atoms with van der Waals surface area (Å²) in [4.78, 5) is 9.18. The van der Waals surface area contributed by atoms with Gasteiger partial charge in [0.25, 0.3) is 0 Å². The lowest BCUT2D eigenvalue weighted by Gasteiger charge is -2.07. The molecule has 130 valence electrons. The van der Waals surface area contributed by atoms with Gasteiger partial charge in [0.05, 0.1) is 16.1 Å². The number of benzene rings is 1. The minimum absolute atomic E-state index is 0.140. The standard InChI is InChI=1S/C12H4Cl6F3N3/c13-10(14,15)8-22-7(23-9(24-8)11(16,17)18)5-1-3-6(4-2-5)12(19,20)21/h1-4H/p+2. The van der Waals surface area contributed by atoms with E-state index in [2.05, 4.69) is 15.0 Å². The van der Waals surface area contributed by atoms with Gasteiger partial charge >= 0.3 is 31.2 Å². The Morgan fingerprint density at radius 3 is 1.50 bits per heavy atom. The molecule has 1 heterocycles. The molecule has 2 aromatic rings. The SMILES string of the molecule is FC(F)(F)c1ccc(-c2[nH+]c(C(Cl)(Cl)Cl)nc(C(Cl)(Cl)Cl)[nH+]2)cc1. The number of H-pyrrole nitrogens is 2. The Kier molecular flexibility index (Phi) is 5.70. The van der Waals surface area contributed by atoms with Crippen molar-refractivity contribution in [2.75, 3.05) is 0 Å². The number of rotatable bonds is 1. The maximum atomic E-state index is 12.6. The molecule has 0 aliphatic carbocycles. The zero-order chi connectivity index (χ0) is 18.3. The quantitative estimate of drug-likeness (QED) is 0.548. The molecule has 24 heavy (non-hydrogen) atoms. The first-order valence-electron chi connectivity index (χ1n) is 5.97. The highest BCUT2D eigenvalue weighted by atomic mass is 35.6. The number of alkyl halides is 9. The molecule has 0 atom stereocenters. The molecule has 0 saturated carbocycles. The molecule has 12 heteroatoms. The van der Waals surface area contributed by atoms with Gasteiger partial charge in [0.15, 0.2) is 0 Å². The fourth-order valence-corrected chi connectivity index (χ4v) is 2.21. The number of hydrogen-bond acceptors (Lipinski definition) is 1. The topological polar surface area (TPSA) is 41.2 Å². The number of nitrogens with zero attached hydrogens (tertiary/aromatic N) is 1. The van der Waals surface area contributed by atoms with Gasteiger partial charge < -0.3 is 0 Å². The van der Waals surface area contributed by atoms with Crippen molar-refractivity contribution in [3.8, 4) is 11.4 Å². The van der Waals surface area contributed by atoms with Gasteiger partial charge in [-0.05, 0) is 24.3 Å². The van der Waals surface area contributed by atoms with Crippen molar-refractivity contribution in [2.24, 2.45) is 0 Å². The van der Waals surface area contributed by atoms with Crippen molar-refractivity contribution in [2.45, 2.75) is 13.8 Å². The van der Waals surface area contributed by atoms with Crippen LogP contribution in [0.1, 0.15) is 17.2 Å². The predicted octanol–water partition coefficient (Wildman–Crippen LogP) is 5.05. The number of aromatic nitrogens is 3. The van der Waals surface area contributed by atoms with Crippen LogP contribution in [0.2, 0.25) is 0 Å². The first kappa shape index (κ1) is 20.1. The Labute approximate surface area is 164 Å². The Bertz CT molecular complexity index is 705. The molecule has 0 bridgehead atoms. The highest BCUT2D eigenvalue weighted by Gasteiger charge is 2.45. The molecule has 2 rings (SSSR count). The largest absolute Gasteiger partial charge is 0.420 e. The normalized spacial score (nSPS) is 13.2. The van der Waals surface area contributed by atoms with E-state index in [-0.39, 0.29) is 17.5 Å². The van der Waals surface area contributed by atoms with Crippen LogP contribution in [-0.4, -0.2) is 4.98 Å². The van der Waals surface area contributed by atoms with Crippen LogP contribution >= 0.6 is 69.6 Å². The molecule has 0 radical (unpaired) electrons. The molecular weight excluding hydrogens is 456 g/mol. The monoisotopic (exact) mass is 459 g/mol. The second-order valence-electron chi connectivity index (χ2n) is 4.50. The third-order valence-corrected chi connectivity index (χ3v) is 3.82. The average Bonchev–Trinajstić information content (AvgIpc) is 2.44. The van der Waals surface area contributed by atoms with E-state index in [0.29, 0.717) is 5.56 Å². The first-order chi connectivity index (χ1) is 10.8. The van der Waals surface area contributed by atoms with E-state index in [4.69, 9.17) is 69.6 Å². The molecule has 0 unspecified atom stereocenters. The van der Waals surface area contributed by atoms with E-state index in [9.17, 15) is 13.2 Å². The third kappa shape index (κ3) is 4.90. The van der Waals surface area contributed by atoms with Gasteiger partial charge in [-0.15, -0.1) is 0 Å². The zero-order valence-corrected chi connectivity index (χ0v) is 15.7. The van der Waals surface area contributed by atoms with Crippen LogP contribution in [0.4, 0.5) is 13.2 Å². The summed E-state index contributed by atoms with van der Waals surface area (Å²) in [5, 5.41) is 0. The van der Waals surface area contributed by atoms with E-state index >= 15 is 0 Å². The average molecular weight is 462 g/mol. The van der Waals surface area contributed by atoms with Crippen molar-refractivity contribution >= 4 is 69.6 Å². The highest BCUT2D eigenvalue weighted by Crippen LogP contribution is 2.38. The Morgan fingerprint density at radius 2 is 1.17 bits per heavy atom. The van der Waals surface area contributed by atoms with Crippen molar-refractivity contribution in [1.29, 1.82) is 0 Å². The lowest BCUT2D eigenvalue weighted by Crippen LogP contribution is -2.36. The summed E-state index contributed by atoms with van der Waals surface area (Å²) >= 11 is 34.6. The fraction of sp³-hybridized carbons (Fsp3) is 0.250. The summed E-state index contributed by atoms with van der Waals surface area (Å²) < 4.78 is 34.0. The van der Waals surface area contributed by atoms with Gasteiger partial charge in [0, 0.05) is 0 Å². The van der Waals surface area contributed by atoms with Crippen LogP contribution < -0.4 is 9.97 Å². The molecular formula is C12H6Cl6F3N3+2. The summed E-state index contributed by atoms with van der Waals surface area (Å²) in [7, 11) is 0. The van der Waals surface area contributed by atoms with Gasteiger partial charge in [-0.1, -0.05) is 69.6 Å². The summed E-state index contributed by atoms with van der Waals surface area (Å²) in [5.41, 5.74) is -0.514. The summed E-state index contributed by atoms with van der Waals surface area (Å²) in [5.74, 6) is -0.216. The van der Waals surface area contributed by atoms with Gasteiger partial charge in [0.1, 0.15) is 0 Å². The molecule has 0 aliphatic heterocycles. The van der Waals surface area contributed by atoms with Crippen molar-refractivity contribution in [3.63, 3.8) is 0 Å². The summed E-state index contributed by atoms with van der Waals surface area (Å²) in [6, 6.07) is 4.19. The fourth-order valence-electron chi connectivity index (χ4n) is 1.67. The lowest BCUT2D eigenvalue weighted by atomic mass is 10.1. The molecule has 1 aromatic heterocycles. The number of halogens is 9. The minimum atomic E-state index is -4.46. The number of aromatic amines is 2. The molecule has 0 spiro atoms. The molecule has 1 aromatic carbocycles. The van der Waals surface area contributed by atoms with Crippen LogP contribution in [0, 0.1) is 0 Å². The van der Waals surface area contributed by atoms with Gasteiger partial charge in [-0.3, -0.25) is 0 Å². The summed E-state index contributed by atoms with van der Waals surface area (Å²) in [6.07, 6.45) is -4.46.